The first-order valence-corrected chi connectivity index (χ1v) is 16.3. The van der Waals surface area contributed by atoms with Crippen LogP contribution in [-0.4, -0.2) is 108 Å². The Labute approximate surface area is 258 Å². The summed E-state index contributed by atoms with van der Waals surface area (Å²) in [6.45, 7) is 3.88. The second kappa shape index (κ2) is 12.1. The van der Waals surface area contributed by atoms with Crippen molar-refractivity contribution in [3.8, 4) is 0 Å². The van der Waals surface area contributed by atoms with Crippen LogP contribution in [0, 0.1) is 0 Å². The van der Waals surface area contributed by atoms with E-state index < -0.39 is 27.9 Å². The summed E-state index contributed by atoms with van der Waals surface area (Å²) in [5.41, 5.74) is 6.90. The number of primary amides is 1. The van der Waals surface area contributed by atoms with E-state index in [9.17, 15) is 22.8 Å². The Hall–Kier alpha value is -3.50. The number of fused-ring (bicyclic) bond motifs is 2. The fourth-order valence-electron chi connectivity index (χ4n) is 6.05. The second-order valence-corrected chi connectivity index (χ2v) is 13.7. The molecule has 3 aromatic rings. The number of benzene rings is 1. The molecule has 0 radical (unpaired) electrons. The molecule has 0 spiro atoms. The molecular formula is C28H34ClN7O7S. The average molecular weight is 648 g/mol. The van der Waals surface area contributed by atoms with Gasteiger partial charge >= 0.3 is 5.91 Å². The fourth-order valence-corrected chi connectivity index (χ4v) is 7.90. The van der Waals surface area contributed by atoms with E-state index in [-0.39, 0.29) is 60.9 Å². The van der Waals surface area contributed by atoms with Crippen molar-refractivity contribution in [3.63, 3.8) is 0 Å². The highest BCUT2D eigenvalue weighted by Crippen LogP contribution is 2.32. The molecular weight excluding hydrogens is 614 g/mol. The lowest BCUT2D eigenvalue weighted by Gasteiger charge is -2.40. The smallest absolute Gasteiger partial charge is 0.310 e. The van der Waals surface area contributed by atoms with E-state index in [1.165, 1.54) is 9.21 Å². The first-order valence-electron chi connectivity index (χ1n) is 14.5. The van der Waals surface area contributed by atoms with Crippen molar-refractivity contribution in [3.05, 3.63) is 46.1 Å². The maximum atomic E-state index is 14.1. The lowest BCUT2D eigenvalue weighted by molar-refractivity contribution is -0.136. The van der Waals surface area contributed by atoms with Gasteiger partial charge in [-0.25, -0.2) is 13.4 Å². The van der Waals surface area contributed by atoms with Crippen molar-refractivity contribution in [2.75, 3.05) is 45.9 Å². The summed E-state index contributed by atoms with van der Waals surface area (Å²) in [4.78, 5) is 49.7. The number of amides is 3. The number of aromatic amines is 1. The molecule has 2 unspecified atom stereocenters. The zero-order chi connectivity index (χ0) is 31.2. The number of nitrogens with one attached hydrogen (secondary N) is 2. The van der Waals surface area contributed by atoms with Gasteiger partial charge in [0.1, 0.15) is 5.76 Å². The number of ether oxygens (including phenoxy) is 1. The van der Waals surface area contributed by atoms with Gasteiger partial charge in [-0.1, -0.05) is 11.6 Å². The number of aromatic nitrogens is 2. The predicted octanol–water partition coefficient (Wildman–Crippen LogP) is 0.636. The monoisotopic (exact) mass is 647 g/mol. The largest absolute Gasteiger partial charge is 0.436 e. The molecule has 6 rings (SSSR count). The number of nitrogens with zero attached hydrogens (tertiary/aromatic N) is 4. The van der Waals surface area contributed by atoms with Gasteiger partial charge < -0.3 is 35.0 Å². The molecule has 2 aromatic heterocycles. The molecule has 2 fully saturated rings. The summed E-state index contributed by atoms with van der Waals surface area (Å²) >= 11 is 6.18. The van der Waals surface area contributed by atoms with Crippen LogP contribution >= 0.6 is 11.6 Å². The molecule has 16 heteroatoms. The van der Waals surface area contributed by atoms with Crippen LogP contribution in [0.25, 0.3) is 10.9 Å². The van der Waals surface area contributed by atoms with Gasteiger partial charge in [0, 0.05) is 73.1 Å². The van der Waals surface area contributed by atoms with E-state index in [2.05, 4.69) is 15.3 Å². The predicted molar refractivity (Wildman–Crippen MR) is 158 cm³/mol. The van der Waals surface area contributed by atoms with Gasteiger partial charge in [-0.2, -0.15) is 4.31 Å². The lowest BCUT2D eigenvalue weighted by Crippen LogP contribution is -2.58. The maximum Gasteiger partial charge on any atom is 0.310 e. The van der Waals surface area contributed by atoms with E-state index in [4.69, 9.17) is 26.5 Å². The van der Waals surface area contributed by atoms with Gasteiger partial charge in [0.2, 0.25) is 11.8 Å². The van der Waals surface area contributed by atoms with Crippen LogP contribution in [0.1, 0.15) is 41.0 Å². The summed E-state index contributed by atoms with van der Waals surface area (Å²) in [7, 11) is -4.23. The quantitative estimate of drug-likeness (QED) is 0.331. The number of nitrogens with two attached hydrogens (primary N) is 1. The van der Waals surface area contributed by atoms with E-state index in [1.54, 1.807) is 23.1 Å². The number of carbonyl (C=O) groups excluding carboxylic acids is 3. The van der Waals surface area contributed by atoms with E-state index in [0.29, 0.717) is 66.6 Å². The Kier molecular flexibility index (Phi) is 8.41. The molecule has 236 valence electrons. The summed E-state index contributed by atoms with van der Waals surface area (Å²) in [5, 5.41) is 3.95. The normalized spacial score (nSPS) is 21.4. The number of oxazole rings is 1. The number of halogens is 1. The number of rotatable bonds is 7. The Morgan fingerprint density at radius 3 is 2.68 bits per heavy atom. The molecule has 3 aliphatic rings. The zero-order valence-corrected chi connectivity index (χ0v) is 25.7. The van der Waals surface area contributed by atoms with Crippen LogP contribution in [-0.2, 0) is 43.7 Å². The van der Waals surface area contributed by atoms with Gasteiger partial charge in [-0.05, 0) is 25.1 Å². The average Bonchev–Trinajstić information content (AvgIpc) is 3.58. The molecule has 0 saturated carbocycles. The van der Waals surface area contributed by atoms with Gasteiger partial charge in [-0.15, -0.1) is 0 Å². The Morgan fingerprint density at radius 2 is 1.93 bits per heavy atom. The number of sulfonamides is 1. The Bertz CT molecular complexity index is 1720. The molecule has 2 atom stereocenters. The molecule has 4 N–H and O–H groups in total. The van der Waals surface area contributed by atoms with Crippen molar-refractivity contribution >= 4 is 50.2 Å². The lowest BCUT2D eigenvalue weighted by atomic mass is 10.1. The van der Waals surface area contributed by atoms with Gasteiger partial charge in [0.05, 0.1) is 37.9 Å². The number of carbonyl (C=O) groups is 3. The number of H-pyrrole nitrogens is 1. The number of morpholine rings is 1. The summed E-state index contributed by atoms with van der Waals surface area (Å²) in [6, 6.07) is 4.20. The standard InChI is InChI=1S/C28H34ClN7O7S/c1-16-10-22-23(14-31-16)43-26(32-22)28(39)36-5-4-35(15-18(36)12-25(38)34-6-8-42-9-7-34)44(40,41)27-20(13-24(30)37)19-11-17(29)2-3-21(19)33-27/h2-3,11,16,18,31,33H,4-10,12-15H2,1H3,(H2,30,37). The number of piperazine rings is 1. The van der Waals surface area contributed by atoms with Crippen LogP contribution in [0.3, 0.4) is 0 Å². The molecule has 14 nitrogen and oxygen atoms in total. The summed E-state index contributed by atoms with van der Waals surface area (Å²) in [6.07, 6.45) is 0.183. The third-order valence-electron chi connectivity index (χ3n) is 8.33. The third-order valence-corrected chi connectivity index (χ3v) is 10.4. The number of hydrogen-bond acceptors (Lipinski definition) is 9. The maximum absolute atomic E-state index is 14.1. The highest BCUT2D eigenvalue weighted by atomic mass is 35.5. The molecule has 3 aliphatic heterocycles. The van der Waals surface area contributed by atoms with Crippen LogP contribution in [0.4, 0.5) is 0 Å². The van der Waals surface area contributed by atoms with Crippen LogP contribution in [0.5, 0.6) is 0 Å². The fraction of sp³-hybridized carbons (Fsp3) is 0.500. The SMILES string of the molecule is CC1Cc2nc(C(=O)N3CCN(S(=O)(=O)c4[nH]c5ccc(Cl)cc5c4CC(N)=O)CC3CC(=O)N3CCOCC3)oc2CN1. The second-order valence-electron chi connectivity index (χ2n) is 11.4. The zero-order valence-electron chi connectivity index (χ0n) is 24.2. The first-order chi connectivity index (χ1) is 21.0. The molecule has 1 aromatic carbocycles. The topological polar surface area (TPSA) is 184 Å². The third kappa shape index (κ3) is 5.94. The molecule has 3 amide bonds. The van der Waals surface area contributed by atoms with Crippen LogP contribution < -0.4 is 11.1 Å². The first kappa shape index (κ1) is 30.5. The summed E-state index contributed by atoms with van der Waals surface area (Å²) < 4.78 is 40.7. The summed E-state index contributed by atoms with van der Waals surface area (Å²) in [5.74, 6) is -0.907. The van der Waals surface area contributed by atoms with Crippen molar-refractivity contribution in [1.82, 2.24) is 29.4 Å². The molecule has 0 bridgehead atoms. The minimum absolute atomic E-state index is 0.00195. The molecule has 5 heterocycles. The molecule has 0 aliphatic carbocycles. The van der Waals surface area contributed by atoms with Crippen molar-refractivity contribution in [2.24, 2.45) is 5.73 Å². The molecule has 2 saturated heterocycles. The van der Waals surface area contributed by atoms with Crippen molar-refractivity contribution in [1.29, 1.82) is 0 Å². The minimum atomic E-state index is -4.23. The van der Waals surface area contributed by atoms with Crippen molar-refractivity contribution in [2.45, 2.75) is 49.8 Å². The highest BCUT2D eigenvalue weighted by molar-refractivity contribution is 7.89. The van der Waals surface area contributed by atoms with Gasteiger partial charge in [0.15, 0.2) is 5.03 Å². The molecule has 44 heavy (non-hydrogen) atoms. The van der Waals surface area contributed by atoms with E-state index >= 15 is 0 Å². The van der Waals surface area contributed by atoms with E-state index in [1.807, 2.05) is 6.92 Å². The Morgan fingerprint density at radius 1 is 1.16 bits per heavy atom. The van der Waals surface area contributed by atoms with Crippen LogP contribution in [0.2, 0.25) is 5.02 Å². The minimum Gasteiger partial charge on any atom is -0.436 e. The van der Waals surface area contributed by atoms with Crippen molar-refractivity contribution < 1.29 is 32.0 Å². The van der Waals surface area contributed by atoms with Gasteiger partial charge in [-0.3, -0.25) is 14.4 Å². The van der Waals surface area contributed by atoms with E-state index in [0.717, 1.165) is 0 Å². The highest BCUT2D eigenvalue weighted by Gasteiger charge is 2.41. The van der Waals surface area contributed by atoms with Gasteiger partial charge in [0.25, 0.3) is 15.9 Å². The van der Waals surface area contributed by atoms with Crippen LogP contribution in [0.15, 0.2) is 27.6 Å². The number of hydrogen-bond donors (Lipinski definition) is 3. The Balaban J connectivity index is 1.31.